The number of hydrogen-bond acceptors (Lipinski definition) is 1. The molecule has 0 saturated heterocycles. The molecule has 0 aliphatic heterocycles. The van der Waals surface area contributed by atoms with Crippen molar-refractivity contribution < 1.29 is 5.11 Å². The van der Waals surface area contributed by atoms with E-state index in [1.165, 1.54) is 0 Å². The van der Waals surface area contributed by atoms with Gasteiger partial charge < -0.3 is 4.90 Å². The summed E-state index contributed by atoms with van der Waals surface area (Å²) < 4.78 is 0. The third kappa shape index (κ3) is 3.76. The molecule has 43 valence electrons. The molecule has 0 unspecified atom stereocenters. The maximum Gasteiger partial charge on any atom is 0.0949 e. The Morgan fingerprint density at radius 2 is 2.14 bits per heavy atom. The zero-order chi connectivity index (χ0) is 5.70. The van der Waals surface area contributed by atoms with Crippen LogP contribution in [0.5, 0.6) is 0 Å². The normalized spacial score (nSPS) is 10.3. The molecule has 0 spiro atoms. The van der Waals surface area contributed by atoms with Gasteiger partial charge >= 0.3 is 0 Å². The Morgan fingerprint density at radius 3 is 2.29 bits per heavy atom. The van der Waals surface area contributed by atoms with Crippen molar-refractivity contribution in [2.45, 2.75) is 6.92 Å². The minimum atomic E-state index is 0.0182. The second-order valence-corrected chi connectivity index (χ2v) is 1.60. The minimum Gasteiger partial charge on any atom is -0.304 e. The molecule has 2 nitrogen and oxygen atoms in total. The number of rotatable bonds is 3. The average Bonchev–Trinajstić information content (AvgIpc) is 1.68. The van der Waals surface area contributed by atoms with Gasteiger partial charge in [0.2, 0.25) is 0 Å². The predicted molar refractivity (Wildman–Crippen MR) is 28.7 cm³/mol. The third-order valence-electron chi connectivity index (χ3n) is 1.01. The molecular formula is C5H12NO. The van der Waals surface area contributed by atoms with Gasteiger partial charge in [0.1, 0.15) is 0 Å². The average molecular weight is 102 g/mol. The molecule has 1 radical (unpaired) electrons. The van der Waals surface area contributed by atoms with Gasteiger partial charge in [-0.15, -0.1) is 0 Å². The largest absolute Gasteiger partial charge is 0.304 e. The second-order valence-electron chi connectivity index (χ2n) is 1.60. The smallest absolute Gasteiger partial charge is 0.0949 e. The summed E-state index contributed by atoms with van der Waals surface area (Å²) in [5.74, 6) is 0. The third-order valence-corrected chi connectivity index (χ3v) is 1.01. The highest BCUT2D eigenvalue weighted by Crippen LogP contribution is 1.75. The van der Waals surface area contributed by atoms with Crippen LogP contribution >= 0.6 is 0 Å². The van der Waals surface area contributed by atoms with Crippen molar-refractivity contribution in [1.82, 2.24) is 4.90 Å². The lowest BCUT2D eigenvalue weighted by molar-refractivity contribution is 0.156. The van der Waals surface area contributed by atoms with Crippen LogP contribution in [-0.2, 0) is 5.11 Å². The van der Waals surface area contributed by atoms with Crippen molar-refractivity contribution in [2.75, 3.05) is 26.7 Å². The van der Waals surface area contributed by atoms with Crippen molar-refractivity contribution in [3.63, 3.8) is 0 Å². The van der Waals surface area contributed by atoms with E-state index in [0.717, 1.165) is 6.54 Å². The highest BCUT2D eigenvalue weighted by atomic mass is 16.3. The molecule has 0 aliphatic rings. The van der Waals surface area contributed by atoms with Gasteiger partial charge in [0.25, 0.3) is 0 Å². The lowest BCUT2D eigenvalue weighted by atomic mass is 10.6. The van der Waals surface area contributed by atoms with Crippen LogP contribution in [0.4, 0.5) is 0 Å². The zero-order valence-corrected chi connectivity index (χ0v) is 4.98. The van der Waals surface area contributed by atoms with Crippen molar-refractivity contribution in [3.8, 4) is 0 Å². The molecule has 2 heteroatoms. The van der Waals surface area contributed by atoms with Gasteiger partial charge in [-0.1, -0.05) is 6.92 Å². The monoisotopic (exact) mass is 102 g/mol. The van der Waals surface area contributed by atoms with Crippen LogP contribution in [0, 0.1) is 0 Å². The van der Waals surface area contributed by atoms with Gasteiger partial charge in [-0.3, -0.25) is 0 Å². The van der Waals surface area contributed by atoms with Gasteiger partial charge in [-0.25, -0.2) is 5.11 Å². The van der Waals surface area contributed by atoms with Crippen LogP contribution in [0.25, 0.3) is 0 Å². The fourth-order valence-electron chi connectivity index (χ4n) is 0.314. The van der Waals surface area contributed by atoms with Crippen molar-refractivity contribution in [1.29, 1.82) is 0 Å². The van der Waals surface area contributed by atoms with Crippen LogP contribution in [0.2, 0.25) is 0 Å². The van der Waals surface area contributed by atoms with E-state index in [-0.39, 0.29) is 6.61 Å². The Morgan fingerprint density at radius 1 is 1.57 bits per heavy atom. The molecule has 0 bridgehead atoms. The molecule has 0 aromatic heterocycles. The first-order chi connectivity index (χ1) is 3.31. The topological polar surface area (TPSA) is 23.1 Å². The molecule has 7 heavy (non-hydrogen) atoms. The summed E-state index contributed by atoms with van der Waals surface area (Å²) in [7, 11) is 1.94. The van der Waals surface area contributed by atoms with Gasteiger partial charge in [0.15, 0.2) is 0 Å². The molecular weight excluding hydrogens is 90.1 g/mol. The first-order valence-corrected chi connectivity index (χ1v) is 2.58. The number of nitrogens with zero attached hydrogens (tertiary/aromatic N) is 1. The highest BCUT2D eigenvalue weighted by molar-refractivity contribution is 4.41. The Labute approximate surface area is 44.8 Å². The highest BCUT2D eigenvalue weighted by Gasteiger charge is 1.88. The lowest BCUT2D eigenvalue weighted by Crippen LogP contribution is -2.20. The van der Waals surface area contributed by atoms with E-state index in [1.54, 1.807) is 0 Å². The van der Waals surface area contributed by atoms with Crippen LogP contribution in [0.1, 0.15) is 6.92 Å². The molecule has 0 atom stereocenters. The summed E-state index contributed by atoms with van der Waals surface area (Å²) in [6.07, 6.45) is 0. The van der Waals surface area contributed by atoms with Crippen molar-refractivity contribution in [2.24, 2.45) is 0 Å². The van der Waals surface area contributed by atoms with E-state index >= 15 is 0 Å². The molecule has 0 fully saturated rings. The molecule has 0 aromatic rings. The van der Waals surface area contributed by atoms with E-state index in [4.69, 9.17) is 0 Å². The van der Waals surface area contributed by atoms with Crippen molar-refractivity contribution in [3.05, 3.63) is 0 Å². The molecule has 0 aliphatic carbocycles. The molecule has 0 heterocycles. The molecule has 0 aromatic carbocycles. The first kappa shape index (κ1) is 6.92. The fraction of sp³-hybridized carbons (Fsp3) is 1.00. The standard InChI is InChI=1S/C5H12NO/c1-3-6(2)4-5-7/h3-5H2,1-2H3. The fourth-order valence-corrected chi connectivity index (χ4v) is 0.314. The van der Waals surface area contributed by atoms with Crippen LogP contribution in [0.3, 0.4) is 0 Å². The van der Waals surface area contributed by atoms with E-state index in [9.17, 15) is 5.11 Å². The summed E-state index contributed by atoms with van der Waals surface area (Å²) >= 11 is 0. The minimum absolute atomic E-state index is 0.0182. The molecule has 0 saturated carbocycles. The van der Waals surface area contributed by atoms with Gasteiger partial charge in [0, 0.05) is 6.54 Å². The van der Waals surface area contributed by atoms with Gasteiger partial charge in [-0.05, 0) is 13.6 Å². The van der Waals surface area contributed by atoms with Gasteiger partial charge in [0.05, 0.1) is 6.61 Å². The van der Waals surface area contributed by atoms with Crippen LogP contribution in [0.15, 0.2) is 0 Å². The quantitative estimate of drug-likeness (QED) is 0.505. The lowest BCUT2D eigenvalue weighted by Gasteiger charge is -2.08. The van der Waals surface area contributed by atoms with E-state index < -0.39 is 0 Å². The molecule has 0 amide bonds. The molecule has 0 rings (SSSR count). The number of likely N-dealkylation sites (N-methyl/N-ethyl adjacent to an activating group) is 1. The van der Waals surface area contributed by atoms with E-state index in [2.05, 4.69) is 0 Å². The van der Waals surface area contributed by atoms with Crippen LogP contribution in [-0.4, -0.2) is 31.6 Å². The van der Waals surface area contributed by atoms with E-state index in [0.29, 0.717) is 6.54 Å². The Kier molecular flexibility index (Phi) is 4.04. The Hall–Kier alpha value is -0.0800. The van der Waals surface area contributed by atoms with Crippen LogP contribution < -0.4 is 0 Å². The predicted octanol–water partition coefficient (Wildman–Crippen LogP) is 0.369. The maximum absolute atomic E-state index is 9.86. The summed E-state index contributed by atoms with van der Waals surface area (Å²) in [5, 5.41) is 9.86. The maximum atomic E-state index is 9.86. The first-order valence-electron chi connectivity index (χ1n) is 2.58. The molecule has 0 N–H and O–H groups in total. The van der Waals surface area contributed by atoms with Crippen molar-refractivity contribution >= 4 is 0 Å². The summed E-state index contributed by atoms with van der Waals surface area (Å²) in [4.78, 5) is 1.99. The Bertz CT molecular complexity index is 39.1. The zero-order valence-electron chi connectivity index (χ0n) is 4.98. The number of hydrogen-bond donors (Lipinski definition) is 0. The summed E-state index contributed by atoms with van der Waals surface area (Å²) in [5.41, 5.74) is 0. The summed E-state index contributed by atoms with van der Waals surface area (Å²) in [6.45, 7) is 3.71. The summed E-state index contributed by atoms with van der Waals surface area (Å²) in [6, 6.07) is 0. The van der Waals surface area contributed by atoms with E-state index in [1.807, 2.05) is 18.9 Å². The SMILES string of the molecule is CCN(C)CC[O]. The van der Waals surface area contributed by atoms with Gasteiger partial charge in [-0.2, -0.15) is 0 Å². The second kappa shape index (κ2) is 4.09. The Balaban J connectivity index is 2.83.